The molecule has 0 aliphatic rings. The van der Waals surface area contributed by atoms with Gasteiger partial charge in [0.15, 0.2) is 0 Å². The van der Waals surface area contributed by atoms with Crippen molar-refractivity contribution in [1.82, 2.24) is 0 Å². The maximum absolute atomic E-state index is 5.21. The molecule has 0 fully saturated rings. The van der Waals surface area contributed by atoms with E-state index >= 15 is 0 Å². The van der Waals surface area contributed by atoms with Crippen LogP contribution in [0.5, 0.6) is 5.75 Å². The summed E-state index contributed by atoms with van der Waals surface area (Å²) in [6.07, 6.45) is 0. The third-order valence-electron chi connectivity index (χ3n) is 2.88. The zero-order valence-corrected chi connectivity index (χ0v) is 14.0. The highest BCUT2D eigenvalue weighted by molar-refractivity contribution is 9.10. The van der Waals surface area contributed by atoms with Crippen molar-refractivity contribution in [3.63, 3.8) is 0 Å². The number of nitrogens with one attached hydrogen (secondary N) is 1. The fourth-order valence-electron chi connectivity index (χ4n) is 1.73. The first-order chi connectivity index (χ1) is 9.10. The summed E-state index contributed by atoms with van der Waals surface area (Å²) in [5.41, 5.74) is 3.55. The molecule has 0 aliphatic carbocycles. The Hall–Kier alpha value is -1.000. The zero-order chi connectivity index (χ0) is 13.8. The van der Waals surface area contributed by atoms with Crippen molar-refractivity contribution in [3.8, 4) is 5.75 Å². The van der Waals surface area contributed by atoms with Crippen molar-refractivity contribution in [1.29, 1.82) is 0 Å². The van der Waals surface area contributed by atoms with E-state index in [2.05, 4.69) is 62.3 Å². The fourth-order valence-corrected chi connectivity index (χ4v) is 2.69. The molecule has 2 aromatic carbocycles. The maximum Gasteiger partial charge on any atom is 0.133 e. The van der Waals surface area contributed by atoms with Crippen molar-refractivity contribution in [3.05, 3.63) is 56.5 Å². The smallest absolute Gasteiger partial charge is 0.133 e. The van der Waals surface area contributed by atoms with Gasteiger partial charge in [-0.15, -0.1) is 0 Å². The van der Waals surface area contributed by atoms with Gasteiger partial charge in [0.2, 0.25) is 0 Å². The summed E-state index contributed by atoms with van der Waals surface area (Å²) >= 11 is 7.03. The highest BCUT2D eigenvalue weighted by Crippen LogP contribution is 2.28. The van der Waals surface area contributed by atoms with Crippen molar-refractivity contribution in [2.24, 2.45) is 0 Å². The lowest BCUT2D eigenvalue weighted by atomic mass is 10.1. The van der Waals surface area contributed by atoms with Crippen LogP contribution < -0.4 is 10.1 Å². The second-order valence-corrected chi connectivity index (χ2v) is 6.00. The molecule has 0 bridgehead atoms. The van der Waals surface area contributed by atoms with Crippen LogP contribution in [-0.4, -0.2) is 7.11 Å². The molecule has 0 saturated heterocycles. The van der Waals surface area contributed by atoms with Crippen LogP contribution in [0.25, 0.3) is 0 Å². The van der Waals surface area contributed by atoms with E-state index in [0.29, 0.717) is 0 Å². The lowest BCUT2D eigenvalue weighted by Crippen LogP contribution is -1.99. The normalized spacial score (nSPS) is 10.3. The zero-order valence-electron chi connectivity index (χ0n) is 10.8. The number of halogens is 2. The molecule has 0 spiro atoms. The molecular formula is C15H15Br2NO. The predicted molar refractivity (Wildman–Crippen MR) is 86.9 cm³/mol. The van der Waals surface area contributed by atoms with Gasteiger partial charge in [0, 0.05) is 16.7 Å². The first kappa shape index (κ1) is 14.4. The summed E-state index contributed by atoms with van der Waals surface area (Å²) < 4.78 is 7.30. The molecule has 100 valence electrons. The van der Waals surface area contributed by atoms with E-state index in [1.807, 2.05) is 18.2 Å². The SMILES string of the molecule is COc1ccc(NCc2ccc(C)c(Br)c2)cc1Br. The van der Waals surface area contributed by atoms with Crippen LogP contribution in [0.4, 0.5) is 5.69 Å². The van der Waals surface area contributed by atoms with Gasteiger partial charge in [0.25, 0.3) is 0 Å². The molecule has 4 heteroatoms. The molecule has 2 nitrogen and oxygen atoms in total. The monoisotopic (exact) mass is 383 g/mol. The largest absolute Gasteiger partial charge is 0.496 e. The number of benzene rings is 2. The molecule has 0 radical (unpaired) electrons. The van der Waals surface area contributed by atoms with E-state index in [-0.39, 0.29) is 0 Å². The summed E-state index contributed by atoms with van der Waals surface area (Å²) in [7, 11) is 1.66. The lowest BCUT2D eigenvalue weighted by molar-refractivity contribution is 0.412. The maximum atomic E-state index is 5.21. The average Bonchev–Trinajstić information content (AvgIpc) is 2.40. The molecule has 2 rings (SSSR count). The quantitative estimate of drug-likeness (QED) is 0.787. The number of hydrogen-bond acceptors (Lipinski definition) is 2. The van der Waals surface area contributed by atoms with Crippen LogP contribution in [0.15, 0.2) is 45.3 Å². The van der Waals surface area contributed by atoms with Gasteiger partial charge in [-0.2, -0.15) is 0 Å². The number of methoxy groups -OCH3 is 1. The third kappa shape index (κ3) is 3.74. The van der Waals surface area contributed by atoms with Crippen LogP contribution >= 0.6 is 31.9 Å². The van der Waals surface area contributed by atoms with Gasteiger partial charge < -0.3 is 10.1 Å². The molecule has 2 aromatic rings. The van der Waals surface area contributed by atoms with E-state index in [0.717, 1.165) is 26.9 Å². The lowest BCUT2D eigenvalue weighted by Gasteiger charge is -2.10. The molecular weight excluding hydrogens is 370 g/mol. The summed E-state index contributed by atoms with van der Waals surface area (Å²) in [6, 6.07) is 12.4. The van der Waals surface area contributed by atoms with E-state index < -0.39 is 0 Å². The predicted octanol–water partition coefficient (Wildman–Crippen LogP) is 5.14. The summed E-state index contributed by atoms with van der Waals surface area (Å²) in [4.78, 5) is 0. The summed E-state index contributed by atoms with van der Waals surface area (Å²) in [6.45, 7) is 2.87. The van der Waals surface area contributed by atoms with Crippen LogP contribution in [0.2, 0.25) is 0 Å². The number of aryl methyl sites for hydroxylation is 1. The van der Waals surface area contributed by atoms with Gasteiger partial charge >= 0.3 is 0 Å². The minimum Gasteiger partial charge on any atom is -0.496 e. The molecule has 0 aromatic heterocycles. The topological polar surface area (TPSA) is 21.3 Å². The Balaban J connectivity index is 2.05. The van der Waals surface area contributed by atoms with Gasteiger partial charge in [-0.1, -0.05) is 28.1 Å². The van der Waals surface area contributed by atoms with Crippen LogP contribution in [0, 0.1) is 6.92 Å². The minimum absolute atomic E-state index is 0.789. The van der Waals surface area contributed by atoms with Crippen molar-refractivity contribution >= 4 is 37.5 Å². The van der Waals surface area contributed by atoms with Gasteiger partial charge in [-0.05, 0) is 58.2 Å². The average molecular weight is 385 g/mol. The van der Waals surface area contributed by atoms with Gasteiger partial charge in [-0.25, -0.2) is 0 Å². The Morgan fingerprint density at radius 3 is 2.47 bits per heavy atom. The second kappa shape index (κ2) is 6.44. The Morgan fingerprint density at radius 1 is 1.05 bits per heavy atom. The van der Waals surface area contributed by atoms with Gasteiger partial charge in [0.1, 0.15) is 5.75 Å². The van der Waals surface area contributed by atoms with E-state index in [1.165, 1.54) is 11.1 Å². The fraction of sp³-hybridized carbons (Fsp3) is 0.200. The summed E-state index contributed by atoms with van der Waals surface area (Å²) in [5.74, 6) is 0.837. The van der Waals surface area contributed by atoms with E-state index in [9.17, 15) is 0 Å². The van der Waals surface area contributed by atoms with E-state index in [4.69, 9.17) is 4.74 Å². The standard InChI is InChI=1S/C15H15Br2NO/c1-10-3-4-11(7-13(10)16)9-18-12-5-6-15(19-2)14(17)8-12/h3-8,18H,9H2,1-2H3. The van der Waals surface area contributed by atoms with Crippen LogP contribution in [0.3, 0.4) is 0 Å². The number of rotatable bonds is 4. The Labute approximate surface area is 130 Å². The first-order valence-electron chi connectivity index (χ1n) is 5.92. The Morgan fingerprint density at radius 2 is 1.84 bits per heavy atom. The summed E-state index contributed by atoms with van der Waals surface area (Å²) in [5, 5.41) is 3.39. The molecule has 0 aliphatic heterocycles. The molecule has 0 saturated carbocycles. The third-order valence-corrected chi connectivity index (χ3v) is 4.36. The molecule has 19 heavy (non-hydrogen) atoms. The van der Waals surface area contributed by atoms with Crippen LogP contribution in [0.1, 0.15) is 11.1 Å². The molecule has 0 amide bonds. The number of ether oxygens (including phenoxy) is 1. The molecule has 0 unspecified atom stereocenters. The molecule has 1 N–H and O–H groups in total. The van der Waals surface area contributed by atoms with Gasteiger partial charge in [-0.3, -0.25) is 0 Å². The Kier molecular flexibility index (Phi) is 4.88. The molecule has 0 heterocycles. The van der Waals surface area contributed by atoms with Gasteiger partial charge in [0.05, 0.1) is 11.6 Å². The first-order valence-corrected chi connectivity index (χ1v) is 7.51. The highest BCUT2D eigenvalue weighted by Gasteiger charge is 2.02. The van der Waals surface area contributed by atoms with Crippen molar-refractivity contribution < 1.29 is 4.74 Å². The Bertz CT molecular complexity index is 584. The highest BCUT2D eigenvalue weighted by atomic mass is 79.9. The molecule has 0 atom stereocenters. The van der Waals surface area contributed by atoms with Crippen molar-refractivity contribution in [2.75, 3.05) is 12.4 Å². The minimum atomic E-state index is 0.789. The second-order valence-electron chi connectivity index (χ2n) is 4.29. The number of hydrogen-bond donors (Lipinski definition) is 1. The number of anilines is 1. The van der Waals surface area contributed by atoms with Crippen molar-refractivity contribution in [2.45, 2.75) is 13.5 Å². The van der Waals surface area contributed by atoms with E-state index in [1.54, 1.807) is 7.11 Å². The van der Waals surface area contributed by atoms with Crippen LogP contribution in [-0.2, 0) is 6.54 Å².